The van der Waals surface area contributed by atoms with Crippen LogP contribution in [0, 0.1) is 0 Å². The Hall–Kier alpha value is -1.18. The Balaban J connectivity index is 1.65. The van der Waals surface area contributed by atoms with E-state index in [9.17, 15) is 0 Å². The Morgan fingerprint density at radius 3 is 2.76 bits per heavy atom. The molecule has 0 spiro atoms. The summed E-state index contributed by atoms with van der Waals surface area (Å²) < 4.78 is 5.34. The number of hydrogen-bond acceptors (Lipinski definition) is 7. The first-order valence-electron chi connectivity index (χ1n) is 7.41. The molecule has 7 nitrogen and oxygen atoms in total. The van der Waals surface area contributed by atoms with Crippen molar-refractivity contribution < 1.29 is 4.74 Å². The van der Waals surface area contributed by atoms with Gasteiger partial charge in [-0.15, -0.1) is 0 Å². The van der Waals surface area contributed by atoms with Gasteiger partial charge in [-0.3, -0.25) is 0 Å². The molecule has 3 rings (SSSR count). The van der Waals surface area contributed by atoms with Crippen LogP contribution in [0.15, 0.2) is 0 Å². The summed E-state index contributed by atoms with van der Waals surface area (Å²) in [4.78, 5) is 17.3. The number of morpholine rings is 1. The SMILES string of the molecule is CN1CCCC1CNc1nc(Cl)nc(N2CCOCC2)n1. The predicted molar refractivity (Wildman–Crippen MR) is 82.0 cm³/mol. The fourth-order valence-electron chi connectivity index (χ4n) is 2.77. The summed E-state index contributed by atoms with van der Waals surface area (Å²) in [6.07, 6.45) is 2.46. The minimum atomic E-state index is 0.230. The minimum absolute atomic E-state index is 0.230. The molecular formula is C13H21ClN6O. The van der Waals surface area contributed by atoms with Gasteiger partial charge in [0, 0.05) is 25.7 Å². The van der Waals surface area contributed by atoms with Crippen molar-refractivity contribution >= 4 is 23.5 Å². The Bertz CT molecular complexity index is 482. The van der Waals surface area contributed by atoms with E-state index in [1.165, 1.54) is 12.8 Å². The second-order valence-corrected chi connectivity index (χ2v) is 5.82. The second kappa shape index (κ2) is 6.72. The predicted octanol–water partition coefficient (Wildman–Crippen LogP) is 0.868. The molecule has 1 aromatic rings. The highest BCUT2D eigenvalue weighted by molar-refractivity contribution is 6.28. The molecule has 1 unspecified atom stereocenters. The fourth-order valence-corrected chi connectivity index (χ4v) is 2.93. The first-order valence-corrected chi connectivity index (χ1v) is 7.78. The third-order valence-electron chi connectivity index (χ3n) is 4.06. The number of likely N-dealkylation sites (N-methyl/N-ethyl adjacent to an activating group) is 1. The zero-order chi connectivity index (χ0) is 14.7. The van der Waals surface area contributed by atoms with Gasteiger partial charge in [-0.05, 0) is 38.0 Å². The van der Waals surface area contributed by atoms with Crippen molar-refractivity contribution in [2.75, 3.05) is 56.7 Å². The standard InChI is InChI=1S/C13H21ClN6O/c1-19-4-2-3-10(19)9-15-12-16-11(14)17-13(18-12)20-5-7-21-8-6-20/h10H,2-9H2,1H3,(H,15,16,17,18). The van der Waals surface area contributed by atoms with Crippen molar-refractivity contribution in [1.29, 1.82) is 0 Å². The van der Waals surface area contributed by atoms with Gasteiger partial charge in [0.05, 0.1) is 13.2 Å². The lowest BCUT2D eigenvalue weighted by Gasteiger charge is -2.27. The monoisotopic (exact) mass is 312 g/mol. The molecule has 2 aliphatic heterocycles. The maximum Gasteiger partial charge on any atom is 0.231 e. The Morgan fingerprint density at radius 1 is 1.24 bits per heavy atom. The molecule has 0 radical (unpaired) electrons. The Kier molecular flexibility index (Phi) is 4.72. The van der Waals surface area contributed by atoms with Crippen LogP contribution in [0.1, 0.15) is 12.8 Å². The summed E-state index contributed by atoms with van der Waals surface area (Å²) in [7, 11) is 2.15. The molecule has 0 bridgehead atoms. The third kappa shape index (κ3) is 3.72. The number of anilines is 2. The first-order chi connectivity index (χ1) is 10.2. The van der Waals surface area contributed by atoms with Crippen molar-refractivity contribution in [3.63, 3.8) is 0 Å². The summed E-state index contributed by atoms with van der Waals surface area (Å²) in [5.41, 5.74) is 0. The quantitative estimate of drug-likeness (QED) is 0.884. The van der Waals surface area contributed by atoms with E-state index in [-0.39, 0.29) is 5.28 Å². The highest BCUT2D eigenvalue weighted by atomic mass is 35.5. The molecule has 8 heteroatoms. The van der Waals surface area contributed by atoms with Crippen LogP contribution < -0.4 is 10.2 Å². The molecule has 0 aromatic carbocycles. The van der Waals surface area contributed by atoms with E-state index in [1.807, 2.05) is 0 Å². The van der Waals surface area contributed by atoms with Crippen LogP contribution in [-0.4, -0.2) is 72.3 Å². The van der Waals surface area contributed by atoms with E-state index in [0.29, 0.717) is 31.2 Å². The molecule has 2 fully saturated rings. The van der Waals surface area contributed by atoms with E-state index >= 15 is 0 Å². The van der Waals surface area contributed by atoms with Gasteiger partial charge in [0.2, 0.25) is 17.2 Å². The van der Waals surface area contributed by atoms with Crippen molar-refractivity contribution in [3.05, 3.63) is 5.28 Å². The van der Waals surface area contributed by atoms with Gasteiger partial charge in [-0.25, -0.2) is 0 Å². The molecule has 1 atom stereocenters. The summed E-state index contributed by atoms with van der Waals surface area (Å²) in [5.74, 6) is 1.18. The van der Waals surface area contributed by atoms with E-state index < -0.39 is 0 Å². The van der Waals surface area contributed by atoms with E-state index in [4.69, 9.17) is 16.3 Å². The van der Waals surface area contributed by atoms with Gasteiger partial charge < -0.3 is 19.9 Å². The highest BCUT2D eigenvalue weighted by Crippen LogP contribution is 2.17. The zero-order valence-electron chi connectivity index (χ0n) is 12.3. The molecule has 116 valence electrons. The number of aromatic nitrogens is 3. The lowest BCUT2D eigenvalue weighted by atomic mass is 10.2. The van der Waals surface area contributed by atoms with Crippen molar-refractivity contribution in [2.24, 2.45) is 0 Å². The maximum absolute atomic E-state index is 6.02. The van der Waals surface area contributed by atoms with Crippen LogP contribution in [0.25, 0.3) is 0 Å². The topological polar surface area (TPSA) is 66.4 Å². The summed E-state index contributed by atoms with van der Waals surface area (Å²) in [6.45, 7) is 4.94. The first kappa shape index (κ1) is 14.7. The molecule has 2 aliphatic rings. The van der Waals surface area contributed by atoms with Crippen LogP contribution in [-0.2, 0) is 4.74 Å². The Morgan fingerprint density at radius 2 is 2.05 bits per heavy atom. The normalized spacial score (nSPS) is 23.5. The molecule has 0 saturated carbocycles. The van der Waals surface area contributed by atoms with Crippen LogP contribution in [0.3, 0.4) is 0 Å². The van der Waals surface area contributed by atoms with Crippen molar-refractivity contribution in [2.45, 2.75) is 18.9 Å². The van der Waals surface area contributed by atoms with Gasteiger partial charge in [0.15, 0.2) is 0 Å². The van der Waals surface area contributed by atoms with Crippen LogP contribution >= 0.6 is 11.6 Å². The highest BCUT2D eigenvalue weighted by Gasteiger charge is 2.21. The van der Waals surface area contributed by atoms with Crippen LogP contribution in [0.5, 0.6) is 0 Å². The average Bonchev–Trinajstić information content (AvgIpc) is 2.91. The zero-order valence-corrected chi connectivity index (χ0v) is 13.0. The molecule has 0 amide bonds. The molecule has 1 N–H and O–H groups in total. The van der Waals surface area contributed by atoms with E-state index in [0.717, 1.165) is 26.2 Å². The maximum atomic E-state index is 6.02. The molecule has 1 aromatic heterocycles. The summed E-state index contributed by atoms with van der Waals surface area (Å²) in [6, 6.07) is 0.535. The van der Waals surface area contributed by atoms with Gasteiger partial charge in [0.1, 0.15) is 0 Å². The number of nitrogens with one attached hydrogen (secondary N) is 1. The summed E-state index contributed by atoms with van der Waals surface area (Å²) >= 11 is 6.02. The smallest absolute Gasteiger partial charge is 0.231 e. The van der Waals surface area contributed by atoms with Gasteiger partial charge in [0.25, 0.3) is 0 Å². The van der Waals surface area contributed by atoms with E-state index in [1.54, 1.807) is 0 Å². The van der Waals surface area contributed by atoms with Crippen LogP contribution in [0.2, 0.25) is 5.28 Å². The minimum Gasteiger partial charge on any atom is -0.378 e. The van der Waals surface area contributed by atoms with Crippen molar-refractivity contribution in [1.82, 2.24) is 19.9 Å². The van der Waals surface area contributed by atoms with Gasteiger partial charge in [-0.1, -0.05) is 0 Å². The average molecular weight is 313 g/mol. The molecular weight excluding hydrogens is 292 g/mol. The number of ether oxygens (including phenoxy) is 1. The number of hydrogen-bond donors (Lipinski definition) is 1. The number of likely N-dealkylation sites (tertiary alicyclic amines) is 1. The number of halogens is 1. The Labute approximate surface area is 129 Å². The third-order valence-corrected chi connectivity index (χ3v) is 4.23. The lowest BCUT2D eigenvalue weighted by Crippen LogP contribution is -2.37. The summed E-state index contributed by atoms with van der Waals surface area (Å²) in [5, 5.41) is 3.52. The largest absolute Gasteiger partial charge is 0.378 e. The molecule has 3 heterocycles. The molecule has 0 aliphatic carbocycles. The fraction of sp³-hybridized carbons (Fsp3) is 0.769. The van der Waals surface area contributed by atoms with Gasteiger partial charge >= 0.3 is 0 Å². The number of nitrogens with zero attached hydrogens (tertiary/aromatic N) is 5. The number of rotatable bonds is 4. The van der Waals surface area contributed by atoms with Gasteiger partial charge in [-0.2, -0.15) is 15.0 Å². The lowest BCUT2D eigenvalue weighted by molar-refractivity contribution is 0.122. The second-order valence-electron chi connectivity index (χ2n) is 5.49. The van der Waals surface area contributed by atoms with E-state index in [2.05, 4.69) is 37.1 Å². The van der Waals surface area contributed by atoms with Crippen molar-refractivity contribution in [3.8, 4) is 0 Å². The molecule has 2 saturated heterocycles. The molecule has 21 heavy (non-hydrogen) atoms. The van der Waals surface area contributed by atoms with Crippen LogP contribution in [0.4, 0.5) is 11.9 Å².